The molecule has 4 rings (SSSR count). The van der Waals surface area contributed by atoms with Crippen LogP contribution in [0.1, 0.15) is 42.1 Å². The predicted molar refractivity (Wildman–Crippen MR) is 118 cm³/mol. The number of fused-ring (bicyclic) bond motifs is 1. The summed E-state index contributed by atoms with van der Waals surface area (Å²) >= 11 is 0. The molecule has 3 amide bonds. The van der Waals surface area contributed by atoms with Crippen molar-refractivity contribution in [2.45, 2.75) is 32.7 Å². The van der Waals surface area contributed by atoms with Crippen molar-refractivity contribution >= 4 is 29.1 Å². The van der Waals surface area contributed by atoms with Gasteiger partial charge in [0.15, 0.2) is 0 Å². The highest BCUT2D eigenvalue weighted by atomic mass is 16.6. The Balaban J connectivity index is 1.69. The Morgan fingerprint density at radius 2 is 1.44 bits per heavy atom. The Hall–Kier alpha value is -4.15. The van der Waals surface area contributed by atoms with E-state index in [0.717, 1.165) is 16.4 Å². The van der Waals surface area contributed by atoms with Gasteiger partial charge in [-0.25, -0.2) is 5.01 Å². The quantitative estimate of drug-likeness (QED) is 0.360. The molecule has 0 radical (unpaired) electrons. The summed E-state index contributed by atoms with van der Waals surface area (Å²) in [6, 6.07) is 10.3. The average molecular weight is 466 g/mol. The van der Waals surface area contributed by atoms with Gasteiger partial charge in [0, 0.05) is 29.8 Å². The van der Waals surface area contributed by atoms with Gasteiger partial charge in [-0.15, -0.1) is 0 Å². The van der Waals surface area contributed by atoms with Crippen LogP contribution in [0.2, 0.25) is 0 Å². The van der Waals surface area contributed by atoms with Crippen LogP contribution < -0.4 is 0 Å². The van der Waals surface area contributed by atoms with E-state index < -0.39 is 39.4 Å². The van der Waals surface area contributed by atoms with Crippen molar-refractivity contribution < 1.29 is 24.2 Å². The first kappa shape index (κ1) is 23.0. The number of hydrogen-bond donors (Lipinski definition) is 0. The van der Waals surface area contributed by atoms with E-state index >= 15 is 0 Å². The number of amides is 3. The molecule has 2 aromatic carbocycles. The maximum atomic E-state index is 13.5. The zero-order valence-corrected chi connectivity index (χ0v) is 18.3. The molecule has 1 heterocycles. The van der Waals surface area contributed by atoms with Gasteiger partial charge in [-0.1, -0.05) is 19.1 Å². The molecular weight excluding hydrogens is 444 g/mol. The van der Waals surface area contributed by atoms with E-state index in [4.69, 9.17) is 0 Å². The van der Waals surface area contributed by atoms with Crippen molar-refractivity contribution in [3.8, 4) is 0 Å². The van der Waals surface area contributed by atoms with E-state index in [1.54, 1.807) is 0 Å². The molecule has 11 heteroatoms. The lowest BCUT2D eigenvalue weighted by atomic mass is 9.76. The van der Waals surface area contributed by atoms with Crippen molar-refractivity contribution in [2.24, 2.45) is 17.8 Å². The molecule has 0 spiro atoms. The number of hydrazine groups is 1. The van der Waals surface area contributed by atoms with Crippen LogP contribution in [0.15, 0.2) is 48.5 Å². The van der Waals surface area contributed by atoms with E-state index in [1.807, 2.05) is 6.92 Å². The van der Waals surface area contributed by atoms with Crippen molar-refractivity contribution in [2.75, 3.05) is 0 Å². The molecule has 2 aromatic rings. The summed E-state index contributed by atoms with van der Waals surface area (Å²) in [5, 5.41) is 23.9. The summed E-state index contributed by atoms with van der Waals surface area (Å²) in [5.74, 6) is -2.28. The lowest BCUT2D eigenvalue weighted by molar-refractivity contribution is -0.385. The van der Waals surface area contributed by atoms with Crippen LogP contribution in [0.25, 0.3) is 0 Å². The molecule has 1 aliphatic heterocycles. The third kappa shape index (κ3) is 4.24. The number of benzene rings is 2. The number of carbonyl (C=O) groups excluding carboxylic acids is 3. The molecule has 0 N–H and O–H groups in total. The summed E-state index contributed by atoms with van der Waals surface area (Å²) in [4.78, 5) is 60.8. The summed E-state index contributed by atoms with van der Waals surface area (Å²) < 4.78 is 0. The second kappa shape index (κ2) is 9.00. The van der Waals surface area contributed by atoms with E-state index in [0.29, 0.717) is 18.4 Å². The lowest BCUT2D eigenvalue weighted by Gasteiger charge is -2.30. The minimum absolute atomic E-state index is 0.0661. The molecule has 1 saturated carbocycles. The highest BCUT2D eigenvalue weighted by Gasteiger charge is 2.52. The normalized spacial score (nSPS) is 21.8. The minimum Gasteiger partial charge on any atom is -0.272 e. The predicted octanol–water partition coefficient (Wildman–Crippen LogP) is 3.48. The van der Waals surface area contributed by atoms with E-state index in [9.17, 15) is 34.6 Å². The maximum Gasteiger partial charge on any atom is 0.273 e. The minimum atomic E-state index is -0.679. The van der Waals surface area contributed by atoms with Gasteiger partial charge in [0.25, 0.3) is 29.1 Å². The first-order valence-electron chi connectivity index (χ1n) is 10.8. The molecule has 1 aliphatic carbocycles. The van der Waals surface area contributed by atoms with Crippen molar-refractivity contribution in [1.82, 2.24) is 10.0 Å². The molecule has 0 unspecified atom stereocenters. The van der Waals surface area contributed by atoms with Crippen LogP contribution in [-0.4, -0.2) is 37.6 Å². The summed E-state index contributed by atoms with van der Waals surface area (Å²) in [5.41, 5.74) is 0.207. The van der Waals surface area contributed by atoms with Gasteiger partial charge in [0.2, 0.25) is 0 Å². The van der Waals surface area contributed by atoms with Crippen molar-refractivity contribution in [3.05, 3.63) is 79.9 Å². The third-order valence-corrected chi connectivity index (χ3v) is 6.44. The van der Waals surface area contributed by atoms with E-state index in [-0.39, 0.29) is 29.4 Å². The fourth-order valence-corrected chi connectivity index (χ4v) is 4.61. The van der Waals surface area contributed by atoms with Crippen LogP contribution in [0.3, 0.4) is 0 Å². The maximum absolute atomic E-state index is 13.5. The zero-order valence-electron chi connectivity index (χ0n) is 18.3. The molecule has 176 valence electrons. The molecule has 2 aliphatic rings. The molecule has 0 bridgehead atoms. The van der Waals surface area contributed by atoms with Crippen molar-refractivity contribution in [1.29, 1.82) is 0 Å². The molecule has 1 saturated heterocycles. The SMILES string of the molecule is C[C@@H]1CC[C@H]2C(=O)N(N(Cc3ccc([N+](=O)[O-])cc3)C(=O)c3ccc([N+](=O)[O-])cc3)C(=O)[C@@H]2C1. The van der Waals surface area contributed by atoms with Gasteiger partial charge in [-0.05, 0) is 42.9 Å². The highest BCUT2D eigenvalue weighted by molar-refractivity contribution is 6.07. The van der Waals surface area contributed by atoms with Gasteiger partial charge in [-0.2, -0.15) is 5.01 Å². The van der Waals surface area contributed by atoms with Crippen LogP contribution >= 0.6 is 0 Å². The summed E-state index contributed by atoms with van der Waals surface area (Å²) in [7, 11) is 0. The number of rotatable bonds is 6. The zero-order chi connectivity index (χ0) is 24.6. The Labute approximate surface area is 194 Å². The van der Waals surface area contributed by atoms with E-state index in [2.05, 4.69) is 0 Å². The van der Waals surface area contributed by atoms with Crippen LogP contribution in [0.4, 0.5) is 11.4 Å². The molecular formula is C23H22N4O7. The van der Waals surface area contributed by atoms with Gasteiger partial charge >= 0.3 is 0 Å². The lowest BCUT2D eigenvalue weighted by Crippen LogP contribution is -2.49. The number of carbonyl (C=O) groups is 3. The molecule has 2 fully saturated rings. The van der Waals surface area contributed by atoms with Gasteiger partial charge in [0.1, 0.15) is 0 Å². The first-order valence-corrected chi connectivity index (χ1v) is 10.8. The Kier molecular flexibility index (Phi) is 6.10. The van der Waals surface area contributed by atoms with Crippen LogP contribution in [0.5, 0.6) is 0 Å². The van der Waals surface area contributed by atoms with Gasteiger partial charge in [0.05, 0.1) is 28.2 Å². The topological polar surface area (TPSA) is 144 Å². The summed E-state index contributed by atoms with van der Waals surface area (Å²) in [6.45, 7) is 1.84. The largest absolute Gasteiger partial charge is 0.273 e. The first-order chi connectivity index (χ1) is 16.2. The fourth-order valence-electron chi connectivity index (χ4n) is 4.61. The van der Waals surface area contributed by atoms with E-state index in [1.165, 1.54) is 48.5 Å². The van der Waals surface area contributed by atoms with Crippen molar-refractivity contribution in [3.63, 3.8) is 0 Å². The Morgan fingerprint density at radius 3 is 2.00 bits per heavy atom. The number of non-ortho nitro benzene ring substituents is 2. The Morgan fingerprint density at radius 1 is 0.912 bits per heavy atom. The molecule has 3 atom stereocenters. The standard InChI is InChI=1S/C23H22N4O7/c1-14-2-11-19-20(12-14)23(30)25(22(19)29)24(13-15-3-7-17(8-4-15)26(31)32)21(28)16-5-9-18(10-6-16)27(33)34/h3-10,14,19-20H,2,11-13H2,1H3/t14-,19-,20-/m1/s1. The monoisotopic (exact) mass is 466 g/mol. The third-order valence-electron chi connectivity index (χ3n) is 6.44. The number of nitro groups is 2. The number of imide groups is 1. The molecule has 0 aromatic heterocycles. The molecule has 34 heavy (non-hydrogen) atoms. The smallest absolute Gasteiger partial charge is 0.272 e. The average Bonchev–Trinajstić information content (AvgIpc) is 3.06. The van der Waals surface area contributed by atoms with Crippen LogP contribution in [-0.2, 0) is 16.1 Å². The number of nitro benzene ring substituents is 2. The highest BCUT2D eigenvalue weighted by Crippen LogP contribution is 2.41. The second-order valence-electron chi connectivity index (χ2n) is 8.71. The van der Waals surface area contributed by atoms with Crippen LogP contribution in [0, 0.1) is 38.0 Å². The second-order valence-corrected chi connectivity index (χ2v) is 8.71. The number of nitrogens with zero attached hydrogens (tertiary/aromatic N) is 4. The van der Waals surface area contributed by atoms with Gasteiger partial charge < -0.3 is 0 Å². The summed E-state index contributed by atoms with van der Waals surface area (Å²) in [6.07, 6.45) is 1.93. The molecule has 11 nitrogen and oxygen atoms in total. The fraction of sp³-hybridized carbons (Fsp3) is 0.348. The van der Waals surface area contributed by atoms with Gasteiger partial charge in [-0.3, -0.25) is 34.6 Å². The number of hydrogen-bond acceptors (Lipinski definition) is 7. The Bertz CT molecular complexity index is 1160.